The molecule has 0 aliphatic heterocycles. The number of non-ortho nitro benzene ring substituents is 1. The Bertz CT molecular complexity index is 1060. The molecule has 0 saturated heterocycles. The lowest BCUT2D eigenvalue weighted by Gasteiger charge is -2.14. The normalized spacial score (nSPS) is 11.6. The summed E-state index contributed by atoms with van der Waals surface area (Å²) < 4.78 is 11.1. The van der Waals surface area contributed by atoms with Gasteiger partial charge in [-0.05, 0) is 31.2 Å². The molecule has 1 amide bonds. The van der Waals surface area contributed by atoms with Gasteiger partial charge in [-0.2, -0.15) is 0 Å². The average Bonchev–Trinajstić information content (AvgIpc) is 3.11. The fourth-order valence-corrected chi connectivity index (χ4v) is 3.43. The number of carbonyl (C=O) groups excluding carboxylic acids is 2. The number of carbonyl (C=O) groups is 2. The molecule has 144 valence electrons. The van der Waals surface area contributed by atoms with Crippen LogP contribution in [0.15, 0.2) is 48.5 Å². The van der Waals surface area contributed by atoms with E-state index in [1.165, 1.54) is 32.2 Å². The number of nitro groups is 1. The van der Waals surface area contributed by atoms with Crippen LogP contribution in [-0.4, -0.2) is 30.0 Å². The molecule has 0 aliphatic rings. The maximum Gasteiger partial charge on any atom is 0.349 e. The van der Waals surface area contributed by atoms with Crippen LogP contribution in [0.2, 0.25) is 0 Å². The summed E-state index contributed by atoms with van der Waals surface area (Å²) in [6.45, 7) is 1.46. The second-order valence-electron chi connectivity index (χ2n) is 5.83. The Morgan fingerprint density at radius 1 is 1.18 bits per heavy atom. The van der Waals surface area contributed by atoms with Gasteiger partial charge in [0.1, 0.15) is 10.6 Å². The second kappa shape index (κ2) is 8.05. The summed E-state index contributed by atoms with van der Waals surface area (Å²) in [4.78, 5) is 35.3. The quantitative estimate of drug-likeness (QED) is 0.381. The SMILES string of the molecule is COc1ccccc1NC(=O)[C@@H](C)OC(=O)c1cc2cc([N+](=O)[O-])ccc2s1. The van der Waals surface area contributed by atoms with Gasteiger partial charge in [0.15, 0.2) is 6.10 Å². The van der Waals surface area contributed by atoms with Crippen molar-refractivity contribution >= 4 is 44.7 Å². The highest BCUT2D eigenvalue weighted by molar-refractivity contribution is 7.20. The molecule has 28 heavy (non-hydrogen) atoms. The number of hydrogen-bond acceptors (Lipinski definition) is 7. The van der Waals surface area contributed by atoms with Crippen molar-refractivity contribution in [2.45, 2.75) is 13.0 Å². The first-order valence-corrected chi connectivity index (χ1v) is 9.03. The minimum absolute atomic E-state index is 0.0604. The molecular formula is C19H16N2O6S. The molecule has 1 N–H and O–H groups in total. The number of thiophene rings is 1. The Morgan fingerprint density at radius 2 is 1.93 bits per heavy atom. The van der Waals surface area contributed by atoms with Crippen LogP contribution >= 0.6 is 11.3 Å². The molecule has 8 nitrogen and oxygen atoms in total. The molecule has 1 aromatic heterocycles. The molecule has 3 aromatic rings. The van der Waals surface area contributed by atoms with Crippen LogP contribution in [0.25, 0.3) is 10.1 Å². The Hall–Kier alpha value is -3.46. The first-order chi connectivity index (χ1) is 13.4. The van der Waals surface area contributed by atoms with Crippen molar-refractivity contribution in [2.75, 3.05) is 12.4 Å². The Labute approximate surface area is 163 Å². The molecule has 0 aliphatic carbocycles. The van der Waals surface area contributed by atoms with E-state index in [1.54, 1.807) is 30.3 Å². The summed E-state index contributed by atoms with van der Waals surface area (Å²) in [6, 6.07) is 12.7. The third kappa shape index (κ3) is 4.09. The predicted octanol–water partition coefficient (Wildman–Crippen LogP) is 4.00. The molecule has 1 heterocycles. The zero-order chi connectivity index (χ0) is 20.3. The van der Waals surface area contributed by atoms with Gasteiger partial charge in [0.05, 0.1) is 17.7 Å². The van der Waals surface area contributed by atoms with Gasteiger partial charge in [-0.1, -0.05) is 12.1 Å². The van der Waals surface area contributed by atoms with Crippen LogP contribution in [0.3, 0.4) is 0 Å². The molecule has 3 rings (SSSR count). The minimum atomic E-state index is -1.04. The Morgan fingerprint density at radius 3 is 2.64 bits per heavy atom. The zero-order valence-corrected chi connectivity index (χ0v) is 15.8. The molecule has 0 bridgehead atoms. The van der Waals surface area contributed by atoms with E-state index in [4.69, 9.17) is 9.47 Å². The van der Waals surface area contributed by atoms with Crippen LogP contribution in [-0.2, 0) is 9.53 Å². The lowest BCUT2D eigenvalue weighted by atomic mass is 10.2. The van der Waals surface area contributed by atoms with Gasteiger partial charge >= 0.3 is 5.97 Å². The van der Waals surface area contributed by atoms with Gasteiger partial charge < -0.3 is 14.8 Å². The third-order valence-electron chi connectivity index (χ3n) is 3.93. The monoisotopic (exact) mass is 400 g/mol. The highest BCUT2D eigenvalue weighted by atomic mass is 32.1. The first-order valence-electron chi connectivity index (χ1n) is 8.22. The topological polar surface area (TPSA) is 108 Å². The van der Waals surface area contributed by atoms with Crippen molar-refractivity contribution < 1.29 is 24.0 Å². The fraction of sp³-hybridized carbons (Fsp3) is 0.158. The number of benzene rings is 2. The Kier molecular flexibility index (Phi) is 5.55. The van der Waals surface area contributed by atoms with E-state index in [-0.39, 0.29) is 10.6 Å². The average molecular weight is 400 g/mol. The van der Waals surface area contributed by atoms with E-state index in [9.17, 15) is 19.7 Å². The van der Waals surface area contributed by atoms with E-state index >= 15 is 0 Å². The summed E-state index contributed by atoms with van der Waals surface area (Å²) in [5, 5.41) is 14.1. The third-order valence-corrected chi connectivity index (χ3v) is 5.03. The maximum atomic E-state index is 12.4. The maximum absolute atomic E-state index is 12.4. The van der Waals surface area contributed by atoms with E-state index in [0.29, 0.717) is 21.5 Å². The molecule has 9 heteroatoms. The number of nitrogens with one attached hydrogen (secondary N) is 1. The van der Waals surface area contributed by atoms with Gasteiger partial charge in [-0.3, -0.25) is 14.9 Å². The second-order valence-corrected chi connectivity index (χ2v) is 6.91. The molecule has 0 fully saturated rings. The number of hydrogen-bond donors (Lipinski definition) is 1. The molecule has 0 radical (unpaired) electrons. The molecule has 2 aromatic carbocycles. The number of amides is 1. The summed E-state index contributed by atoms with van der Waals surface area (Å²) in [5.74, 6) is -0.693. The number of fused-ring (bicyclic) bond motifs is 1. The van der Waals surface area contributed by atoms with E-state index in [1.807, 2.05) is 0 Å². The number of anilines is 1. The number of nitrogens with zero attached hydrogens (tertiary/aromatic N) is 1. The highest BCUT2D eigenvalue weighted by Gasteiger charge is 2.22. The van der Waals surface area contributed by atoms with E-state index < -0.39 is 22.9 Å². The van der Waals surface area contributed by atoms with E-state index in [0.717, 1.165) is 11.3 Å². The number of rotatable bonds is 6. The Balaban J connectivity index is 1.70. The lowest BCUT2D eigenvalue weighted by Crippen LogP contribution is -2.29. The lowest BCUT2D eigenvalue weighted by molar-refractivity contribution is -0.384. The van der Waals surface area contributed by atoms with E-state index in [2.05, 4.69) is 5.32 Å². The number of esters is 1. The van der Waals surface area contributed by atoms with Crippen molar-refractivity contribution in [3.05, 3.63) is 63.5 Å². The van der Waals surface area contributed by atoms with Crippen molar-refractivity contribution in [1.29, 1.82) is 0 Å². The largest absolute Gasteiger partial charge is 0.495 e. The summed E-state index contributed by atoms with van der Waals surface area (Å²) in [7, 11) is 1.49. The van der Waals surface area contributed by atoms with Crippen molar-refractivity contribution in [2.24, 2.45) is 0 Å². The number of nitro benzene ring substituents is 1. The smallest absolute Gasteiger partial charge is 0.349 e. The minimum Gasteiger partial charge on any atom is -0.495 e. The summed E-state index contributed by atoms with van der Waals surface area (Å²) >= 11 is 1.14. The number of ether oxygens (including phenoxy) is 2. The fourth-order valence-electron chi connectivity index (χ4n) is 2.50. The molecule has 0 spiro atoms. The molecule has 1 atom stereocenters. The van der Waals surface area contributed by atoms with Gasteiger partial charge in [-0.15, -0.1) is 11.3 Å². The van der Waals surface area contributed by atoms with Crippen LogP contribution < -0.4 is 10.1 Å². The number of para-hydroxylation sites is 2. The first kappa shape index (κ1) is 19.3. The summed E-state index contributed by atoms with van der Waals surface area (Å²) in [6.07, 6.45) is -1.04. The molecule has 0 saturated carbocycles. The van der Waals surface area contributed by atoms with Gasteiger partial charge in [0.2, 0.25) is 0 Å². The van der Waals surface area contributed by atoms with Crippen LogP contribution in [0.1, 0.15) is 16.6 Å². The predicted molar refractivity (Wildman–Crippen MR) is 105 cm³/mol. The molecular weight excluding hydrogens is 384 g/mol. The van der Waals surface area contributed by atoms with Gasteiger partial charge in [0.25, 0.3) is 11.6 Å². The van der Waals surface area contributed by atoms with Crippen LogP contribution in [0, 0.1) is 10.1 Å². The van der Waals surface area contributed by atoms with Crippen molar-refractivity contribution in [3.63, 3.8) is 0 Å². The highest BCUT2D eigenvalue weighted by Crippen LogP contribution is 2.29. The standard InChI is InChI=1S/C19H16N2O6S/c1-11(18(22)20-14-5-3-4-6-15(14)26-2)27-19(23)17-10-12-9-13(21(24)25)7-8-16(12)28-17/h3-11H,1-2H3,(H,20,22)/t11-/m1/s1. The zero-order valence-electron chi connectivity index (χ0n) is 15.0. The van der Waals surface area contributed by atoms with Crippen LogP contribution in [0.4, 0.5) is 11.4 Å². The van der Waals surface area contributed by atoms with Gasteiger partial charge in [-0.25, -0.2) is 4.79 Å². The van der Waals surface area contributed by atoms with Crippen LogP contribution in [0.5, 0.6) is 5.75 Å². The van der Waals surface area contributed by atoms with Crippen molar-refractivity contribution in [1.82, 2.24) is 0 Å². The molecule has 0 unspecified atom stereocenters. The van der Waals surface area contributed by atoms with Gasteiger partial charge in [0, 0.05) is 22.2 Å². The summed E-state index contributed by atoms with van der Waals surface area (Å²) in [5.41, 5.74) is 0.404. The number of methoxy groups -OCH3 is 1. The van der Waals surface area contributed by atoms with Crippen molar-refractivity contribution in [3.8, 4) is 5.75 Å².